The van der Waals surface area contributed by atoms with Gasteiger partial charge in [0.2, 0.25) is 5.91 Å². The Hall–Kier alpha value is -0.610. The van der Waals surface area contributed by atoms with Gasteiger partial charge in [0.1, 0.15) is 0 Å². The molecule has 0 aliphatic heterocycles. The van der Waals surface area contributed by atoms with E-state index in [1.165, 1.54) is 12.8 Å². The molecule has 4 nitrogen and oxygen atoms in total. The molecule has 1 fully saturated rings. The van der Waals surface area contributed by atoms with Crippen LogP contribution in [0.15, 0.2) is 0 Å². The number of rotatable bonds is 5. The molecule has 1 aliphatic rings. The molecule has 1 rings (SSSR count). The maximum absolute atomic E-state index is 12.5. The molecule has 0 saturated heterocycles. The average Bonchev–Trinajstić information content (AvgIpc) is 2.54. The Morgan fingerprint density at radius 2 is 1.83 bits per heavy atom. The van der Waals surface area contributed by atoms with E-state index in [2.05, 4.69) is 5.32 Å². The molecule has 1 aliphatic carbocycles. The maximum atomic E-state index is 12.5. The predicted octanol–water partition coefficient (Wildman–Crippen LogP) is 1.83. The van der Waals surface area contributed by atoms with Gasteiger partial charge in [0.25, 0.3) is 0 Å². The van der Waals surface area contributed by atoms with Gasteiger partial charge in [-0.1, -0.05) is 25.7 Å². The number of carbonyl (C=O) groups is 1. The van der Waals surface area contributed by atoms with Crippen molar-refractivity contribution in [1.29, 1.82) is 0 Å². The molecule has 0 aromatic carbocycles. The van der Waals surface area contributed by atoms with Crippen molar-refractivity contribution in [2.24, 2.45) is 11.1 Å². The molecule has 106 valence electrons. The van der Waals surface area contributed by atoms with Gasteiger partial charge in [-0.15, -0.1) is 0 Å². The Morgan fingerprint density at radius 3 is 2.28 bits per heavy atom. The molecule has 0 radical (unpaired) electrons. The normalized spacial score (nSPS) is 20.2. The van der Waals surface area contributed by atoms with Crippen molar-refractivity contribution >= 4 is 5.91 Å². The topological polar surface area (TPSA) is 64.3 Å². The van der Waals surface area contributed by atoms with Gasteiger partial charge in [-0.05, 0) is 26.7 Å². The third-order valence-corrected chi connectivity index (χ3v) is 3.89. The van der Waals surface area contributed by atoms with Crippen LogP contribution in [0.1, 0.15) is 52.4 Å². The molecule has 0 spiro atoms. The highest BCUT2D eigenvalue weighted by Crippen LogP contribution is 2.34. The third kappa shape index (κ3) is 3.95. The number of nitrogens with two attached hydrogens (primary N) is 1. The van der Waals surface area contributed by atoms with Crippen LogP contribution in [0.4, 0.5) is 0 Å². The summed E-state index contributed by atoms with van der Waals surface area (Å²) in [4.78, 5) is 12.5. The van der Waals surface area contributed by atoms with Gasteiger partial charge >= 0.3 is 0 Å². The maximum Gasteiger partial charge on any atom is 0.227 e. The SMILES string of the molecule is COCC(C)(C)NC(=O)C1(CN)CCCCCC1. The number of hydrogen-bond donors (Lipinski definition) is 2. The first-order valence-corrected chi connectivity index (χ1v) is 6.97. The van der Waals surface area contributed by atoms with Crippen LogP contribution in [0.2, 0.25) is 0 Å². The molecule has 18 heavy (non-hydrogen) atoms. The molecule has 0 bridgehead atoms. The van der Waals surface area contributed by atoms with Crippen LogP contribution in [-0.2, 0) is 9.53 Å². The standard InChI is InChI=1S/C14H28N2O2/c1-13(2,11-18-3)16-12(17)14(10-15)8-6-4-5-7-9-14/h4-11,15H2,1-3H3,(H,16,17). The fraction of sp³-hybridized carbons (Fsp3) is 0.929. The Kier molecular flexibility index (Phi) is 5.60. The lowest BCUT2D eigenvalue weighted by Crippen LogP contribution is -2.54. The van der Waals surface area contributed by atoms with Crippen molar-refractivity contribution in [2.75, 3.05) is 20.3 Å². The zero-order valence-electron chi connectivity index (χ0n) is 12.1. The summed E-state index contributed by atoms with van der Waals surface area (Å²) in [7, 11) is 1.65. The molecule has 3 N–H and O–H groups in total. The van der Waals surface area contributed by atoms with E-state index in [4.69, 9.17) is 10.5 Å². The van der Waals surface area contributed by atoms with E-state index in [-0.39, 0.29) is 16.9 Å². The highest BCUT2D eigenvalue weighted by atomic mass is 16.5. The Balaban J connectivity index is 2.71. The summed E-state index contributed by atoms with van der Waals surface area (Å²) in [5.74, 6) is 0.106. The lowest BCUT2D eigenvalue weighted by atomic mass is 9.79. The van der Waals surface area contributed by atoms with Crippen LogP contribution >= 0.6 is 0 Å². The molecule has 0 heterocycles. The fourth-order valence-electron chi connectivity index (χ4n) is 2.77. The lowest BCUT2D eigenvalue weighted by Gasteiger charge is -2.35. The van der Waals surface area contributed by atoms with Gasteiger partial charge in [-0.25, -0.2) is 0 Å². The minimum absolute atomic E-state index is 0.106. The van der Waals surface area contributed by atoms with Crippen molar-refractivity contribution in [3.05, 3.63) is 0 Å². The number of carbonyl (C=O) groups excluding carboxylic acids is 1. The summed E-state index contributed by atoms with van der Waals surface area (Å²) in [6.07, 6.45) is 6.48. The molecule has 1 amide bonds. The highest BCUT2D eigenvalue weighted by molar-refractivity contribution is 5.83. The van der Waals surface area contributed by atoms with E-state index in [1.807, 2.05) is 13.8 Å². The minimum atomic E-state index is -0.360. The molecule has 0 aromatic heterocycles. The monoisotopic (exact) mass is 256 g/mol. The molecular formula is C14H28N2O2. The predicted molar refractivity (Wildman–Crippen MR) is 73.3 cm³/mol. The van der Waals surface area contributed by atoms with E-state index in [1.54, 1.807) is 7.11 Å². The van der Waals surface area contributed by atoms with Crippen LogP contribution in [-0.4, -0.2) is 31.7 Å². The van der Waals surface area contributed by atoms with Gasteiger partial charge < -0.3 is 15.8 Å². The first-order valence-electron chi connectivity index (χ1n) is 6.97. The quantitative estimate of drug-likeness (QED) is 0.738. The third-order valence-electron chi connectivity index (χ3n) is 3.89. The summed E-state index contributed by atoms with van der Waals surface area (Å²) < 4.78 is 5.14. The summed E-state index contributed by atoms with van der Waals surface area (Å²) >= 11 is 0. The second kappa shape index (κ2) is 6.53. The van der Waals surface area contributed by atoms with Crippen molar-refractivity contribution in [3.63, 3.8) is 0 Å². The number of ether oxygens (including phenoxy) is 1. The molecule has 0 aromatic rings. The van der Waals surface area contributed by atoms with Gasteiger partial charge in [0, 0.05) is 13.7 Å². The van der Waals surface area contributed by atoms with Crippen molar-refractivity contribution in [2.45, 2.75) is 57.9 Å². The number of hydrogen-bond acceptors (Lipinski definition) is 3. The van der Waals surface area contributed by atoms with Crippen LogP contribution in [0.3, 0.4) is 0 Å². The van der Waals surface area contributed by atoms with Crippen LogP contribution in [0, 0.1) is 5.41 Å². The Bertz CT molecular complexity index is 269. The molecule has 4 heteroatoms. The zero-order chi connectivity index (χ0) is 13.6. The second-order valence-corrected chi connectivity index (χ2v) is 6.17. The summed E-state index contributed by atoms with van der Waals surface area (Å²) in [5.41, 5.74) is 5.22. The van der Waals surface area contributed by atoms with E-state index in [0.29, 0.717) is 13.2 Å². The second-order valence-electron chi connectivity index (χ2n) is 6.17. The lowest BCUT2D eigenvalue weighted by molar-refractivity contribution is -0.133. The van der Waals surface area contributed by atoms with Gasteiger partial charge in [0.05, 0.1) is 17.6 Å². The van der Waals surface area contributed by atoms with Crippen molar-refractivity contribution in [1.82, 2.24) is 5.32 Å². The van der Waals surface area contributed by atoms with Crippen molar-refractivity contribution in [3.8, 4) is 0 Å². The molecule has 0 atom stereocenters. The van der Waals surface area contributed by atoms with Gasteiger partial charge in [0.15, 0.2) is 0 Å². The summed E-state index contributed by atoms with van der Waals surface area (Å²) in [5, 5.41) is 3.10. The minimum Gasteiger partial charge on any atom is -0.382 e. The first kappa shape index (κ1) is 15.4. The highest BCUT2D eigenvalue weighted by Gasteiger charge is 2.39. The molecular weight excluding hydrogens is 228 g/mol. The first-order chi connectivity index (χ1) is 8.46. The van der Waals surface area contributed by atoms with Gasteiger partial charge in [-0.3, -0.25) is 4.79 Å². The van der Waals surface area contributed by atoms with Crippen LogP contribution in [0.5, 0.6) is 0 Å². The smallest absolute Gasteiger partial charge is 0.227 e. The van der Waals surface area contributed by atoms with E-state index >= 15 is 0 Å². The van der Waals surface area contributed by atoms with Crippen LogP contribution in [0.25, 0.3) is 0 Å². The Labute approximate surface area is 111 Å². The number of nitrogens with one attached hydrogen (secondary N) is 1. The van der Waals surface area contributed by atoms with E-state index in [9.17, 15) is 4.79 Å². The van der Waals surface area contributed by atoms with Gasteiger partial charge in [-0.2, -0.15) is 0 Å². The number of amides is 1. The fourth-order valence-corrected chi connectivity index (χ4v) is 2.77. The van der Waals surface area contributed by atoms with E-state index < -0.39 is 0 Å². The largest absolute Gasteiger partial charge is 0.382 e. The zero-order valence-corrected chi connectivity index (χ0v) is 12.1. The molecule has 1 saturated carbocycles. The van der Waals surface area contributed by atoms with E-state index in [0.717, 1.165) is 25.7 Å². The summed E-state index contributed by atoms with van der Waals surface area (Å²) in [6, 6.07) is 0. The average molecular weight is 256 g/mol. The summed E-state index contributed by atoms with van der Waals surface area (Å²) in [6.45, 7) is 4.92. The number of methoxy groups -OCH3 is 1. The van der Waals surface area contributed by atoms with Crippen LogP contribution < -0.4 is 11.1 Å². The molecule has 0 unspecified atom stereocenters. The van der Waals surface area contributed by atoms with Crippen molar-refractivity contribution < 1.29 is 9.53 Å². The Morgan fingerprint density at radius 1 is 1.28 bits per heavy atom.